The number of nitrogens with one attached hydrogen (secondary N) is 2. The van der Waals surface area contributed by atoms with Gasteiger partial charge in [0.05, 0.1) is 38.6 Å². The molecule has 19 nitrogen and oxygen atoms in total. The minimum absolute atomic E-state index is 0.00443. The van der Waals surface area contributed by atoms with E-state index in [1.54, 1.807) is 0 Å². The Bertz CT molecular complexity index is 1060. The average molecular weight is 698 g/mol. The van der Waals surface area contributed by atoms with Crippen LogP contribution in [0.1, 0.15) is 45.4 Å². The van der Waals surface area contributed by atoms with Crippen LogP contribution in [0.4, 0.5) is 0 Å². The van der Waals surface area contributed by atoms with E-state index in [0.29, 0.717) is 44.0 Å². The highest BCUT2D eigenvalue weighted by Crippen LogP contribution is 2.42. The molecule has 0 bridgehead atoms. The quantitative estimate of drug-likeness (QED) is 0.0216. The zero-order valence-electron chi connectivity index (χ0n) is 26.3. The second-order valence-corrected chi connectivity index (χ2v) is 12.5. The van der Waals surface area contributed by atoms with E-state index in [1.807, 2.05) is 0 Å². The highest BCUT2D eigenvalue weighted by atomic mass is 32.2. The SMILES string of the molecule is COC(=O)[C@@]1(SC[C@H]2O[C@@H](OCCCNC(=O)CCCCCN=[N+]=[N-])[C@H](O)[C@@H](O)[C@H]2O)C[C@H](O)[C@@H](NC(C)=O)[C@H]([C@H](O)[C@H](O)CO)O1. The number of ether oxygens (including phenoxy) is 4. The van der Waals surface area contributed by atoms with Gasteiger partial charge >= 0.3 is 5.97 Å². The normalized spacial score (nSPS) is 32.0. The number of azide groups is 1. The zero-order valence-corrected chi connectivity index (χ0v) is 27.1. The highest BCUT2D eigenvalue weighted by Gasteiger charge is 2.56. The number of nitrogens with zero attached hydrogens (tertiary/aromatic N) is 3. The smallest absolute Gasteiger partial charge is 0.348 e. The molecule has 0 spiro atoms. The lowest BCUT2D eigenvalue weighted by atomic mass is 9.89. The van der Waals surface area contributed by atoms with Crippen LogP contribution in [0, 0.1) is 0 Å². The van der Waals surface area contributed by atoms with E-state index in [1.165, 1.54) is 0 Å². The van der Waals surface area contributed by atoms with Crippen molar-refractivity contribution >= 4 is 29.5 Å². The summed E-state index contributed by atoms with van der Waals surface area (Å²) in [5, 5.41) is 81.2. The molecule has 20 heteroatoms. The lowest BCUT2D eigenvalue weighted by Crippen LogP contribution is -2.67. The van der Waals surface area contributed by atoms with Gasteiger partial charge in [0.2, 0.25) is 16.7 Å². The van der Waals surface area contributed by atoms with Crippen molar-refractivity contribution in [3.63, 3.8) is 0 Å². The van der Waals surface area contributed by atoms with Gasteiger partial charge in [-0.2, -0.15) is 0 Å². The summed E-state index contributed by atoms with van der Waals surface area (Å²) in [7, 11) is 1.04. The molecular formula is C27H47N5O14S. The van der Waals surface area contributed by atoms with Crippen LogP contribution in [0.3, 0.4) is 0 Å². The number of thioether (sulfide) groups is 1. The van der Waals surface area contributed by atoms with Gasteiger partial charge in [-0.25, -0.2) is 4.79 Å². The average Bonchev–Trinajstić information content (AvgIpc) is 3.05. The first-order valence-corrected chi connectivity index (χ1v) is 16.2. The number of carbonyl (C=O) groups excluding carboxylic acids is 3. The number of aliphatic hydroxyl groups excluding tert-OH is 7. The third-order valence-corrected chi connectivity index (χ3v) is 9.05. The van der Waals surface area contributed by atoms with Gasteiger partial charge in [0.15, 0.2) is 6.29 Å². The Morgan fingerprint density at radius 2 is 1.83 bits per heavy atom. The first-order chi connectivity index (χ1) is 22.3. The Balaban J connectivity index is 2.02. The second-order valence-electron chi connectivity index (χ2n) is 11.2. The molecule has 9 N–H and O–H groups in total. The summed E-state index contributed by atoms with van der Waals surface area (Å²) in [4.78, 5) is 37.4. The number of rotatable bonds is 19. The molecule has 11 atom stereocenters. The standard InChI is InChI=1S/C27H47N5O14S/c1-14(34)31-19-15(35)11-27(26(42)43-2,46-24(19)20(38)16(36)12-33)47-13-17-21(39)22(40)23(41)25(45-17)44-10-6-8-29-18(37)7-4-3-5-9-30-32-28/h15-17,19-25,33,35-36,38-41H,3-13H2,1-2H3,(H,29,37)(H,31,34)/t15-,16+,17+,19+,20+,21-,22-,23+,24+,25+,27-/m0/s1. The van der Waals surface area contributed by atoms with Gasteiger partial charge in [-0.15, -0.1) is 11.8 Å². The molecule has 0 aromatic rings. The number of unbranched alkanes of at least 4 members (excludes halogenated alkanes) is 2. The molecule has 47 heavy (non-hydrogen) atoms. The third-order valence-electron chi connectivity index (χ3n) is 7.66. The van der Waals surface area contributed by atoms with Crippen LogP contribution in [0.2, 0.25) is 0 Å². The van der Waals surface area contributed by atoms with E-state index in [-0.39, 0.29) is 24.8 Å². The van der Waals surface area contributed by atoms with Crippen LogP contribution in [0.5, 0.6) is 0 Å². The topological polar surface area (TPSA) is 303 Å². The minimum Gasteiger partial charge on any atom is -0.466 e. The number of carbonyl (C=O) groups is 3. The van der Waals surface area contributed by atoms with Crippen molar-refractivity contribution in [2.45, 2.75) is 112 Å². The molecule has 0 aliphatic carbocycles. The summed E-state index contributed by atoms with van der Waals surface area (Å²) in [6.45, 7) is 0.866. The highest BCUT2D eigenvalue weighted by molar-refractivity contribution is 8.01. The molecule has 2 amide bonds. The van der Waals surface area contributed by atoms with Crippen molar-refractivity contribution in [1.29, 1.82) is 0 Å². The lowest BCUT2D eigenvalue weighted by Gasteiger charge is -2.47. The number of esters is 1. The zero-order chi connectivity index (χ0) is 35.1. The van der Waals surface area contributed by atoms with Crippen LogP contribution in [-0.4, -0.2) is 159 Å². The molecule has 0 aromatic carbocycles. The maximum atomic E-state index is 13.0. The van der Waals surface area contributed by atoms with Crippen LogP contribution < -0.4 is 10.6 Å². The Hall–Kier alpha value is -2.33. The number of hydrogen-bond acceptors (Lipinski definition) is 16. The third kappa shape index (κ3) is 11.9. The van der Waals surface area contributed by atoms with Gasteiger partial charge in [-0.1, -0.05) is 11.5 Å². The van der Waals surface area contributed by atoms with E-state index in [2.05, 4.69) is 20.7 Å². The fourth-order valence-corrected chi connectivity index (χ4v) is 6.49. The molecule has 0 saturated carbocycles. The first-order valence-electron chi connectivity index (χ1n) is 15.2. The molecule has 0 aromatic heterocycles. The fraction of sp³-hybridized carbons (Fsp3) is 0.889. The van der Waals surface area contributed by atoms with Crippen molar-refractivity contribution in [2.75, 3.05) is 39.2 Å². The van der Waals surface area contributed by atoms with Gasteiger partial charge in [0, 0.05) is 43.5 Å². The van der Waals surface area contributed by atoms with Crippen LogP contribution in [0.15, 0.2) is 5.11 Å². The number of hydrogen-bond donors (Lipinski definition) is 9. The van der Waals surface area contributed by atoms with Gasteiger partial charge in [0.25, 0.3) is 0 Å². The van der Waals surface area contributed by atoms with Gasteiger partial charge < -0.3 is 65.3 Å². The molecular weight excluding hydrogens is 650 g/mol. The largest absolute Gasteiger partial charge is 0.466 e. The maximum absolute atomic E-state index is 13.0. The van der Waals surface area contributed by atoms with Crippen molar-refractivity contribution in [3.8, 4) is 0 Å². The molecule has 0 radical (unpaired) electrons. The Morgan fingerprint density at radius 1 is 1.11 bits per heavy atom. The molecule has 2 aliphatic heterocycles. The summed E-state index contributed by atoms with van der Waals surface area (Å²) in [6.07, 6.45) is -12.3. The van der Waals surface area contributed by atoms with Crippen molar-refractivity contribution < 1.29 is 69.1 Å². The van der Waals surface area contributed by atoms with Crippen molar-refractivity contribution in [3.05, 3.63) is 10.4 Å². The predicted molar refractivity (Wildman–Crippen MR) is 162 cm³/mol. The molecule has 2 fully saturated rings. The van der Waals surface area contributed by atoms with Gasteiger partial charge in [-0.3, -0.25) is 9.59 Å². The van der Waals surface area contributed by atoms with E-state index in [4.69, 9.17) is 24.5 Å². The molecule has 2 saturated heterocycles. The first kappa shape index (κ1) is 40.8. The molecule has 2 rings (SSSR count). The van der Waals surface area contributed by atoms with E-state index in [9.17, 15) is 50.1 Å². The Morgan fingerprint density at radius 3 is 2.47 bits per heavy atom. The summed E-state index contributed by atoms with van der Waals surface area (Å²) >= 11 is 0.679. The molecule has 2 heterocycles. The van der Waals surface area contributed by atoms with Crippen molar-refractivity contribution in [1.82, 2.24) is 10.6 Å². The van der Waals surface area contributed by atoms with Crippen LogP contribution in [0.25, 0.3) is 10.4 Å². The van der Waals surface area contributed by atoms with Gasteiger partial charge in [0.1, 0.15) is 36.6 Å². The summed E-state index contributed by atoms with van der Waals surface area (Å²) in [5.74, 6) is -2.10. The molecule has 270 valence electrons. The fourth-order valence-electron chi connectivity index (χ4n) is 5.11. The number of amides is 2. The summed E-state index contributed by atoms with van der Waals surface area (Å²) < 4.78 is 22.1. The minimum atomic E-state index is -2.08. The van der Waals surface area contributed by atoms with Crippen LogP contribution >= 0.6 is 11.8 Å². The number of aliphatic hydroxyl groups is 7. The monoisotopic (exact) mass is 697 g/mol. The van der Waals surface area contributed by atoms with E-state index in [0.717, 1.165) is 20.5 Å². The predicted octanol–water partition coefficient (Wildman–Crippen LogP) is -2.84. The molecule has 0 unspecified atom stereocenters. The summed E-state index contributed by atoms with van der Waals surface area (Å²) in [6, 6.07) is -1.30. The van der Waals surface area contributed by atoms with Gasteiger partial charge in [-0.05, 0) is 24.8 Å². The van der Waals surface area contributed by atoms with E-state index < -0.39 is 91.0 Å². The van der Waals surface area contributed by atoms with Crippen LogP contribution in [-0.2, 0) is 33.3 Å². The maximum Gasteiger partial charge on any atom is 0.348 e. The molecule has 2 aliphatic rings. The van der Waals surface area contributed by atoms with Crippen molar-refractivity contribution in [2.24, 2.45) is 5.11 Å². The Labute approximate surface area is 275 Å². The Kier molecular flexibility index (Phi) is 17.6. The lowest BCUT2D eigenvalue weighted by molar-refractivity contribution is -0.292. The van der Waals surface area contributed by atoms with E-state index >= 15 is 0 Å². The number of methoxy groups -OCH3 is 1. The summed E-state index contributed by atoms with van der Waals surface area (Å²) in [5.41, 5.74) is 8.26. The second kappa shape index (κ2) is 20.2.